The van der Waals surface area contributed by atoms with Gasteiger partial charge >= 0.3 is 0 Å². The number of hydrogen-bond donors (Lipinski definition) is 4. The van der Waals surface area contributed by atoms with Crippen LogP contribution < -0.4 is 20.4 Å². The van der Waals surface area contributed by atoms with Gasteiger partial charge in [-0.15, -0.1) is 0 Å². The van der Waals surface area contributed by atoms with Crippen molar-refractivity contribution in [1.82, 2.24) is 5.32 Å². The molecule has 31 heavy (non-hydrogen) atoms. The lowest BCUT2D eigenvalue weighted by Crippen LogP contribution is -3.28. The van der Waals surface area contributed by atoms with Crippen molar-refractivity contribution in [3.63, 3.8) is 0 Å². The van der Waals surface area contributed by atoms with Crippen LogP contribution >= 0.6 is 0 Å². The summed E-state index contributed by atoms with van der Waals surface area (Å²) in [6.45, 7) is 8.08. The second-order valence-corrected chi connectivity index (χ2v) is 9.01. The number of hydrogen-bond acceptors (Lipinski definition) is 2. The number of carbonyl (C=O) groups is 2. The van der Waals surface area contributed by atoms with Crippen LogP contribution in [0, 0.1) is 13.8 Å². The predicted molar refractivity (Wildman–Crippen MR) is 121 cm³/mol. The van der Waals surface area contributed by atoms with Crippen molar-refractivity contribution in [2.45, 2.75) is 38.8 Å². The van der Waals surface area contributed by atoms with Crippen LogP contribution in [0.5, 0.6) is 0 Å². The molecule has 164 valence electrons. The number of benzene rings is 2. The van der Waals surface area contributed by atoms with E-state index >= 15 is 0 Å². The first-order valence-corrected chi connectivity index (χ1v) is 11.4. The normalized spacial score (nSPS) is 21.9. The molecule has 1 heterocycles. The molecule has 0 spiro atoms. The Hall–Kier alpha value is -2.70. The Morgan fingerprint density at radius 1 is 0.968 bits per heavy atom. The van der Waals surface area contributed by atoms with Crippen LogP contribution in [0.4, 0.5) is 5.69 Å². The lowest BCUT2D eigenvalue weighted by atomic mass is 10.0. The zero-order chi connectivity index (χ0) is 21.8. The summed E-state index contributed by atoms with van der Waals surface area (Å²) in [7, 11) is 0. The molecular formula is C25H34N4O2+2. The van der Waals surface area contributed by atoms with E-state index in [9.17, 15) is 9.59 Å². The average Bonchev–Trinajstić information content (AvgIpc) is 3.57. The lowest BCUT2D eigenvalue weighted by molar-refractivity contribution is -1.02. The van der Waals surface area contributed by atoms with Crippen molar-refractivity contribution in [2.75, 3.05) is 38.0 Å². The van der Waals surface area contributed by atoms with Crippen molar-refractivity contribution < 1.29 is 19.4 Å². The standard InChI is InChI=1S/C25H32N4O2/c1-18-7-6-10-22(19(18)2)27-23(30)17-28-13-15-29(16-14-28)24(20-8-4-3-5-9-20)25(31)26-21-11-12-21/h3-10,21,24H,11-17H2,1-2H3,(H,26,31)(H,27,30)/p+2/t24-/m0/s1. The molecule has 1 saturated heterocycles. The Bertz CT molecular complexity index is 918. The summed E-state index contributed by atoms with van der Waals surface area (Å²) < 4.78 is 0. The van der Waals surface area contributed by atoms with E-state index in [-0.39, 0.29) is 17.9 Å². The van der Waals surface area contributed by atoms with E-state index in [0.717, 1.165) is 55.8 Å². The minimum atomic E-state index is -0.174. The largest absolute Gasteiger partial charge is 0.348 e. The summed E-state index contributed by atoms with van der Waals surface area (Å²) in [5.74, 6) is 0.193. The van der Waals surface area contributed by atoms with Gasteiger partial charge in [-0.2, -0.15) is 0 Å². The summed E-state index contributed by atoms with van der Waals surface area (Å²) in [5, 5.41) is 6.27. The van der Waals surface area contributed by atoms with Gasteiger partial charge in [0, 0.05) is 17.3 Å². The summed E-state index contributed by atoms with van der Waals surface area (Å²) in [6.07, 6.45) is 2.19. The molecule has 6 nitrogen and oxygen atoms in total. The van der Waals surface area contributed by atoms with Gasteiger partial charge in [-0.1, -0.05) is 42.5 Å². The van der Waals surface area contributed by atoms with E-state index in [0.29, 0.717) is 12.6 Å². The highest BCUT2D eigenvalue weighted by atomic mass is 16.2. The van der Waals surface area contributed by atoms with Gasteiger partial charge in [0.1, 0.15) is 26.2 Å². The van der Waals surface area contributed by atoms with E-state index in [4.69, 9.17) is 0 Å². The first-order valence-electron chi connectivity index (χ1n) is 11.4. The highest BCUT2D eigenvalue weighted by molar-refractivity contribution is 5.92. The molecular weight excluding hydrogens is 388 g/mol. The maximum Gasteiger partial charge on any atom is 0.283 e. The summed E-state index contributed by atoms with van der Waals surface area (Å²) in [5.41, 5.74) is 4.27. The van der Waals surface area contributed by atoms with E-state index in [1.807, 2.05) is 37.3 Å². The van der Waals surface area contributed by atoms with Gasteiger partial charge in [0.2, 0.25) is 0 Å². The maximum atomic E-state index is 13.0. The molecule has 1 atom stereocenters. The molecule has 2 aromatic carbocycles. The second-order valence-electron chi connectivity index (χ2n) is 9.01. The molecule has 1 saturated carbocycles. The molecule has 1 aliphatic heterocycles. The van der Waals surface area contributed by atoms with E-state index in [1.165, 1.54) is 15.4 Å². The van der Waals surface area contributed by atoms with Gasteiger partial charge in [0.25, 0.3) is 11.8 Å². The first-order chi connectivity index (χ1) is 15.0. The van der Waals surface area contributed by atoms with Crippen LogP contribution in [-0.2, 0) is 9.59 Å². The van der Waals surface area contributed by atoms with Gasteiger partial charge in [0.05, 0.1) is 0 Å². The molecule has 0 aromatic heterocycles. The third-order valence-corrected chi connectivity index (χ3v) is 6.62. The Balaban J connectivity index is 1.34. The molecule has 2 fully saturated rings. The molecule has 2 aliphatic rings. The molecule has 4 rings (SSSR count). The van der Waals surface area contributed by atoms with Crippen molar-refractivity contribution in [1.29, 1.82) is 0 Å². The van der Waals surface area contributed by atoms with Crippen LogP contribution in [0.2, 0.25) is 0 Å². The minimum Gasteiger partial charge on any atom is -0.348 e. The lowest BCUT2D eigenvalue weighted by Gasteiger charge is -2.34. The predicted octanol–water partition coefficient (Wildman–Crippen LogP) is 0.0452. The first kappa shape index (κ1) is 21.5. The van der Waals surface area contributed by atoms with Crippen molar-refractivity contribution in [3.8, 4) is 0 Å². The van der Waals surface area contributed by atoms with E-state index < -0.39 is 0 Å². The van der Waals surface area contributed by atoms with Gasteiger partial charge < -0.3 is 20.4 Å². The third kappa shape index (κ3) is 5.51. The van der Waals surface area contributed by atoms with Gasteiger partial charge in [-0.3, -0.25) is 9.59 Å². The van der Waals surface area contributed by atoms with Crippen LogP contribution in [0.3, 0.4) is 0 Å². The van der Waals surface area contributed by atoms with E-state index in [2.05, 4.69) is 35.8 Å². The number of quaternary nitrogens is 2. The number of amides is 2. The van der Waals surface area contributed by atoms with Crippen LogP contribution in [0.25, 0.3) is 0 Å². The zero-order valence-electron chi connectivity index (χ0n) is 18.5. The van der Waals surface area contributed by atoms with Crippen molar-refractivity contribution in [2.24, 2.45) is 0 Å². The summed E-state index contributed by atoms with van der Waals surface area (Å²) in [4.78, 5) is 28.2. The quantitative estimate of drug-likeness (QED) is 0.509. The fourth-order valence-corrected chi connectivity index (χ4v) is 4.43. The molecule has 0 unspecified atom stereocenters. The molecule has 6 heteroatoms. The molecule has 2 aromatic rings. The molecule has 2 amide bonds. The number of carbonyl (C=O) groups excluding carboxylic acids is 2. The maximum absolute atomic E-state index is 13.0. The van der Waals surface area contributed by atoms with Crippen LogP contribution in [-0.4, -0.2) is 50.6 Å². The van der Waals surface area contributed by atoms with Gasteiger partial charge in [-0.25, -0.2) is 0 Å². The molecule has 0 radical (unpaired) electrons. The fourth-order valence-electron chi connectivity index (χ4n) is 4.43. The van der Waals surface area contributed by atoms with Crippen LogP contribution in [0.15, 0.2) is 48.5 Å². The topological polar surface area (TPSA) is 67.1 Å². The fraction of sp³-hybridized carbons (Fsp3) is 0.440. The monoisotopic (exact) mass is 422 g/mol. The summed E-state index contributed by atoms with van der Waals surface area (Å²) in [6, 6.07) is 16.3. The van der Waals surface area contributed by atoms with Gasteiger partial charge in [-0.05, 0) is 43.9 Å². The number of anilines is 1. The molecule has 1 aliphatic carbocycles. The Labute approximate surface area is 184 Å². The van der Waals surface area contributed by atoms with Crippen molar-refractivity contribution in [3.05, 3.63) is 65.2 Å². The SMILES string of the molecule is Cc1cccc(NC(=O)C[NH+]2CC[NH+]([C@H](C(=O)NC3CC3)c3ccccc3)CC2)c1C. The Kier molecular flexibility index (Phi) is 6.68. The average molecular weight is 423 g/mol. The number of piperazine rings is 1. The Morgan fingerprint density at radius 2 is 1.68 bits per heavy atom. The molecule has 4 N–H and O–H groups in total. The third-order valence-electron chi connectivity index (χ3n) is 6.62. The molecule has 0 bridgehead atoms. The highest BCUT2D eigenvalue weighted by Crippen LogP contribution is 2.20. The summed E-state index contributed by atoms with van der Waals surface area (Å²) >= 11 is 0. The van der Waals surface area contributed by atoms with Gasteiger partial charge in [0.15, 0.2) is 12.6 Å². The Morgan fingerprint density at radius 3 is 2.35 bits per heavy atom. The number of rotatable bonds is 7. The number of aryl methyl sites for hydroxylation is 1. The van der Waals surface area contributed by atoms with Crippen molar-refractivity contribution >= 4 is 17.5 Å². The van der Waals surface area contributed by atoms with Crippen LogP contribution in [0.1, 0.15) is 35.6 Å². The highest BCUT2D eigenvalue weighted by Gasteiger charge is 2.38. The second kappa shape index (κ2) is 9.62. The smallest absolute Gasteiger partial charge is 0.283 e. The number of nitrogens with one attached hydrogen (secondary N) is 4. The minimum absolute atomic E-state index is 0.0539. The zero-order valence-corrected chi connectivity index (χ0v) is 18.5. The van der Waals surface area contributed by atoms with E-state index in [1.54, 1.807) is 0 Å².